The molecular formula is C13H14F3N3O4. The minimum absolute atomic E-state index is 0.0608. The molecule has 1 N–H and O–H groups in total. The fourth-order valence-corrected chi connectivity index (χ4v) is 1.76. The molecular weight excluding hydrogens is 319 g/mol. The molecule has 0 aliphatic heterocycles. The molecule has 0 saturated carbocycles. The van der Waals surface area contributed by atoms with Gasteiger partial charge in [-0.05, 0) is 18.6 Å². The first-order valence-corrected chi connectivity index (χ1v) is 6.50. The fourth-order valence-electron chi connectivity index (χ4n) is 1.76. The Kier molecular flexibility index (Phi) is 6.05. The maximum absolute atomic E-state index is 12.0. The molecule has 0 radical (unpaired) electrons. The lowest BCUT2D eigenvalue weighted by molar-refractivity contribution is -0.384. The van der Waals surface area contributed by atoms with Crippen molar-refractivity contribution in [3.05, 3.63) is 34.4 Å². The largest absolute Gasteiger partial charge is 0.471 e. The van der Waals surface area contributed by atoms with Crippen LogP contribution in [0.15, 0.2) is 24.3 Å². The van der Waals surface area contributed by atoms with Crippen LogP contribution in [0.25, 0.3) is 0 Å². The molecule has 7 nitrogen and oxygen atoms in total. The molecule has 0 atom stereocenters. The molecule has 0 heterocycles. The Morgan fingerprint density at radius 1 is 1.26 bits per heavy atom. The number of carbonyl (C=O) groups excluding carboxylic acids is 2. The molecule has 0 spiro atoms. The number of carbonyl (C=O) groups is 2. The highest BCUT2D eigenvalue weighted by molar-refractivity contribution is 5.91. The van der Waals surface area contributed by atoms with Gasteiger partial charge in [0.2, 0.25) is 5.91 Å². The van der Waals surface area contributed by atoms with Crippen LogP contribution in [0, 0.1) is 10.1 Å². The van der Waals surface area contributed by atoms with Gasteiger partial charge in [0.1, 0.15) is 0 Å². The number of amides is 2. The summed E-state index contributed by atoms with van der Waals surface area (Å²) in [5.74, 6) is -2.41. The number of alkyl halides is 3. The summed E-state index contributed by atoms with van der Waals surface area (Å²) in [6.45, 7) is 1.07. The number of hydrogen-bond donors (Lipinski definition) is 1. The predicted octanol–water partition coefficient (Wildman–Crippen LogP) is 2.02. The van der Waals surface area contributed by atoms with Crippen LogP contribution in [-0.4, -0.2) is 36.0 Å². The Bertz CT molecular complexity index is 587. The van der Waals surface area contributed by atoms with E-state index in [1.807, 2.05) is 0 Å². The minimum atomic E-state index is -4.95. The molecule has 23 heavy (non-hydrogen) atoms. The zero-order chi connectivity index (χ0) is 17.6. The average Bonchev–Trinajstić information content (AvgIpc) is 2.45. The van der Waals surface area contributed by atoms with Crippen LogP contribution in [0.5, 0.6) is 0 Å². The highest BCUT2D eigenvalue weighted by Crippen LogP contribution is 2.20. The summed E-state index contributed by atoms with van der Waals surface area (Å²) in [6.07, 6.45) is -4.85. The summed E-state index contributed by atoms with van der Waals surface area (Å²) >= 11 is 0. The van der Waals surface area contributed by atoms with Crippen LogP contribution < -0.4 is 10.2 Å². The Labute approximate surface area is 129 Å². The van der Waals surface area contributed by atoms with E-state index in [1.54, 1.807) is 5.32 Å². The molecule has 0 aliphatic rings. The third-order valence-electron chi connectivity index (χ3n) is 2.85. The van der Waals surface area contributed by atoms with E-state index in [-0.39, 0.29) is 31.1 Å². The van der Waals surface area contributed by atoms with Crippen LogP contribution in [-0.2, 0) is 9.59 Å². The summed E-state index contributed by atoms with van der Waals surface area (Å²) in [4.78, 5) is 33.4. The maximum Gasteiger partial charge on any atom is 0.471 e. The number of nitrogens with zero attached hydrogens (tertiary/aromatic N) is 2. The van der Waals surface area contributed by atoms with Crippen molar-refractivity contribution in [2.24, 2.45) is 0 Å². The topological polar surface area (TPSA) is 92.6 Å². The predicted molar refractivity (Wildman–Crippen MR) is 74.8 cm³/mol. The van der Waals surface area contributed by atoms with E-state index in [0.717, 1.165) is 0 Å². The van der Waals surface area contributed by atoms with Crippen molar-refractivity contribution < 1.29 is 27.7 Å². The van der Waals surface area contributed by atoms with Gasteiger partial charge >= 0.3 is 12.1 Å². The van der Waals surface area contributed by atoms with Gasteiger partial charge in [0.25, 0.3) is 5.69 Å². The monoisotopic (exact) mass is 333 g/mol. The lowest BCUT2D eigenvalue weighted by Crippen LogP contribution is -2.38. The average molecular weight is 333 g/mol. The van der Waals surface area contributed by atoms with Crippen molar-refractivity contribution in [3.63, 3.8) is 0 Å². The van der Waals surface area contributed by atoms with Gasteiger partial charge in [-0.1, -0.05) is 0 Å². The smallest absolute Gasteiger partial charge is 0.348 e. The Morgan fingerprint density at radius 3 is 2.26 bits per heavy atom. The molecule has 126 valence electrons. The van der Waals surface area contributed by atoms with Gasteiger partial charge < -0.3 is 10.2 Å². The number of anilines is 1. The van der Waals surface area contributed by atoms with E-state index >= 15 is 0 Å². The number of nitro groups is 1. The molecule has 1 aromatic rings. The third kappa shape index (κ3) is 5.57. The Hall–Kier alpha value is -2.65. The molecule has 2 amide bonds. The van der Waals surface area contributed by atoms with E-state index in [9.17, 15) is 32.9 Å². The molecule has 0 fully saturated rings. The van der Waals surface area contributed by atoms with E-state index in [0.29, 0.717) is 5.69 Å². The molecule has 1 aromatic carbocycles. The van der Waals surface area contributed by atoms with Crippen LogP contribution >= 0.6 is 0 Å². The van der Waals surface area contributed by atoms with Crippen LogP contribution in [0.3, 0.4) is 0 Å². The van der Waals surface area contributed by atoms with Crippen molar-refractivity contribution in [3.8, 4) is 0 Å². The first-order chi connectivity index (χ1) is 10.6. The molecule has 0 saturated heterocycles. The van der Waals surface area contributed by atoms with Crippen molar-refractivity contribution >= 4 is 23.2 Å². The number of halogens is 3. The van der Waals surface area contributed by atoms with Gasteiger partial charge in [0.05, 0.1) is 4.92 Å². The van der Waals surface area contributed by atoms with Crippen LogP contribution in [0.4, 0.5) is 24.5 Å². The summed E-state index contributed by atoms with van der Waals surface area (Å²) in [6, 6.07) is 5.18. The fraction of sp³-hybridized carbons (Fsp3) is 0.385. The summed E-state index contributed by atoms with van der Waals surface area (Å²) in [5.41, 5.74) is 0.236. The summed E-state index contributed by atoms with van der Waals surface area (Å²) in [5, 5.41) is 12.3. The zero-order valence-corrected chi connectivity index (χ0v) is 12.1. The second kappa shape index (κ2) is 7.56. The lowest BCUT2D eigenvalue weighted by atomic mass is 10.2. The lowest BCUT2D eigenvalue weighted by Gasteiger charge is -2.21. The maximum atomic E-state index is 12.0. The van der Waals surface area contributed by atoms with Crippen molar-refractivity contribution in [1.29, 1.82) is 0 Å². The van der Waals surface area contributed by atoms with Gasteiger partial charge in [0, 0.05) is 37.8 Å². The van der Waals surface area contributed by atoms with Crippen molar-refractivity contribution in [2.75, 3.05) is 18.0 Å². The van der Waals surface area contributed by atoms with Crippen molar-refractivity contribution in [1.82, 2.24) is 5.32 Å². The SMILES string of the molecule is CC(=O)N(CCCNC(=O)C(F)(F)F)c1ccc([N+](=O)[O-])cc1. The Balaban J connectivity index is 2.61. The summed E-state index contributed by atoms with van der Waals surface area (Å²) in [7, 11) is 0. The van der Waals surface area contributed by atoms with Gasteiger partial charge in [0.15, 0.2) is 0 Å². The van der Waals surface area contributed by atoms with Crippen LogP contribution in [0.1, 0.15) is 13.3 Å². The van der Waals surface area contributed by atoms with E-state index < -0.39 is 17.0 Å². The molecule has 0 bridgehead atoms. The normalized spacial score (nSPS) is 11.0. The molecule has 1 rings (SSSR count). The number of hydrogen-bond acceptors (Lipinski definition) is 4. The van der Waals surface area contributed by atoms with E-state index in [4.69, 9.17) is 0 Å². The van der Waals surface area contributed by atoms with E-state index in [2.05, 4.69) is 0 Å². The molecule has 0 unspecified atom stereocenters. The van der Waals surface area contributed by atoms with Gasteiger partial charge in [-0.15, -0.1) is 0 Å². The third-order valence-corrected chi connectivity index (χ3v) is 2.85. The van der Waals surface area contributed by atoms with Gasteiger partial charge in [-0.25, -0.2) is 0 Å². The van der Waals surface area contributed by atoms with E-state index in [1.165, 1.54) is 36.1 Å². The van der Waals surface area contributed by atoms with Crippen LogP contribution in [0.2, 0.25) is 0 Å². The number of non-ortho nitro benzene ring substituents is 1. The first-order valence-electron chi connectivity index (χ1n) is 6.50. The first kappa shape index (κ1) is 18.4. The Morgan fingerprint density at radius 2 is 1.83 bits per heavy atom. The highest BCUT2D eigenvalue weighted by Gasteiger charge is 2.38. The summed E-state index contributed by atoms with van der Waals surface area (Å²) < 4.78 is 36.0. The minimum Gasteiger partial charge on any atom is -0.348 e. The number of nitrogens with one attached hydrogen (secondary N) is 1. The second-order valence-electron chi connectivity index (χ2n) is 4.55. The van der Waals surface area contributed by atoms with Crippen molar-refractivity contribution in [2.45, 2.75) is 19.5 Å². The molecule has 0 aliphatic carbocycles. The number of benzene rings is 1. The number of nitro benzene ring substituents is 1. The highest BCUT2D eigenvalue weighted by atomic mass is 19.4. The molecule has 0 aromatic heterocycles. The second-order valence-corrected chi connectivity index (χ2v) is 4.55. The molecule has 10 heteroatoms. The van der Waals surface area contributed by atoms with Gasteiger partial charge in [-0.3, -0.25) is 19.7 Å². The quantitative estimate of drug-likeness (QED) is 0.490. The number of rotatable bonds is 6. The standard InChI is InChI=1S/C13H14F3N3O4/c1-9(20)18(8-2-7-17-12(21)13(14,15)16)10-3-5-11(6-4-10)19(22)23/h3-6H,2,7-8H2,1H3,(H,17,21). The zero-order valence-electron chi connectivity index (χ0n) is 12.1. The van der Waals surface area contributed by atoms with Gasteiger partial charge in [-0.2, -0.15) is 13.2 Å².